The number of benzene rings is 1. The third-order valence-corrected chi connectivity index (χ3v) is 4.97. The van der Waals surface area contributed by atoms with Crippen molar-refractivity contribution in [3.8, 4) is 0 Å². The van der Waals surface area contributed by atoms with Gasteiger partial charge in [0.15, 0.2) is 0 Å². The molecule has 4 amide bonds. The molecule has 3 rings (SSSR count). The van der Waals surface area contributed by atoms with Gasteiger partial charge in [0.25, 0.3) is 5.91 Å². The van der Waals surface area contributed by atoms with Gasteiger partial charge in [0.05, 0.1) is 0 Å². The van der Waals surface area contributed by atoms with Crippen molar-refractivity contribution < 1.29 is 18.8 Å². The first kappa shape index (κ1) is 17.4. The zero-order valence-electron chi connectivity index (χ0n) is 14.2. The average molecular weight is 347 g/mol. The molecule has 0 bridgehead atoms. The Balaban J connectivity index is 1.68. The number of halogens is 1. The zero-order valence-corrected chi connectivity index (χ0v) is 14.2. The lowest BCUT2D eigenvalue weighted by Crippen LogP contribution is -2.45. The van der Waals surface area contributed by atoms with Gasteiger partial charge in [-0.15, -0.1) is 0 Å². The Hall–Kier alpha value is -2.44. The number of hydrogen-bond donors (Lipinski definition) is 2. The summed E-state index contributed by atoms with van der Waals surface area (Å²) in [6, 6.07) is 4.89. The molecule has 1 aromatic rings. The second kappa shape index (κ2) is 6.82. The van der Waals surface area contributed by atoms with Gasteiger partial charge >= 0.3 is 6.03 Å². The Bertz CT molecular complexity index is 685. The van der Waals surface area contributed by atoms with Crippen molar-refractivity contribution in [2.45, 2.75) is 50.6 Å². The van der Waals surface area contributed by atoms with Gasteiger partial charge in [-0.3, -0.25) is 14.5 Å². The highest BCUT2D eigenvalue weighted by Gasteiger charge is 2.49. The maximum Gasteiger partial charge on any atom is 0.325 e. The summed E-state index contributed by atoms with van der Waals surface area (Å²) in [5.41, 5.74) is -0.821. The van der Waals surface area contributed by atoms with Gasteiger partial charge in [-0.25, -0.2) is 9.18 Å². The Labute approximate surface area is 145 Å². The van der Waals surface area contributed by atoms with Gasteiger partial charge in [-0.2, -0.15) is 0 Å². The van der Waals surface area contributed by atoms with E-state index in [-0.39, 0.29) is 18.5 Å². The lowest BCUT2D eigenvalue weighted by molar-refractivity contribution is -0.135. The van der Waals surface area contributed by atoms with Crippen LogP contribution < -0.4 is 10.6 Å². The summed E-state index contributed by atoms with van der Waals surface area (Å²) in [5, 5.41) is 5.51. The first-order chi connectivity index (χ1) is 11.9. The molecule has 0 spiro atoms. The van der Waals surface area contributed by atoms with Crippen LogP contribution in [0.1, 0.15) is 44.6 Å². The fraction of sp³-hybridized carbons (Fsp3) is 0.500. The molecule has 1 saturated heterocycles. The van der Waals surface area contributed by atoms with Crippen LogP contribution in [0.3, 0.4) is 0 Å². The van der Waals surface area contributed by atoms with E-state index in [2.05, 4.69) is 10.6 Å². The SMILES string of the molecule is C[C@@]1(c2ccc(F)cc2)NC(=O)N(CC(=O)NC2CCCCC2)C1=O. The highest BCUT2D eigenvalue weighted by Crippen LogP contribution is 2.28. The van der Waals surface area contributed by atoms with Gasteiger partial charge < -0.3 is 10.6 Å². The molecule has 1 atom stereocenters. The van der Waals surface area contributed by atoms with Crippen LogP contribution >= 0.6 is 0 Å². The highest BCUT2D eigenvalue weighted by atomic mass is 19.1. The first-order valence-electron chi connectivity index (χ1n) is 8.59. The molecular formula is C18H22FN3O3. The van der Waals surface area contributed by atoms with E-state index in [1.807, 2.05) is 0 Å². The summed E-state index contributed by atoms with van der Waals surface area (Å²) in [6.45, 7) is 1.25. The van der Waals surface area contributed by atoms with Crippen LogP contribution in [0, 0.1) is 5.82 Å². The number of carbonyl (C=O) groups excluding carboxylic acids is 3. The monoisotopic (exact) mass is 347 g/mol. The predicted molar refractivity (Wildman–Crippen MR) is 89.0 cm³/mol. The van der Waals surface area contributed by atoms with E-state index in [0.29, 0.717) is 5.56 Å². The van der Waals surface area contributed by atoms with E-state index in [4.69, 9.17) is 0 Å². The Kier molecular flexibility index (Phi) is 4.74. The van der Waals surface area contributed by atoms with Crippen LogP contribution in [-0.4, -0.2) is 35.3 Å². The molecule has 1 saturated carbocycles. The molecule has 1 aliphatic carbocycles. The number of imide groups is 1. The number of carbonyl (C=O) groups is 3. The maximum atomic E-state index is 13.1. The number of rotatable bonds is 4. The fourth-order valence-electron chi connectivity index (χ4n) is 3.48. The van der Waals surface area contributed by atoms with Crippen LogP contribution in [0.5, 0.6) is 0 Å². The van der Waals surface area contributed by atoms with Crippen molar-refractivity contribution >= 4 is 17.8 Å². The normalized spacial score (nSPS) is 24.3. The molecule has 134 valence electrons. The third kappa shape index (κ3) is 3.50. The number of amides is 4. The van der Waals surface area contributed by atoms with E-state index in [9.17, 15) is 18.8 Å². The Morgan fingerprint density at radius 2 is 1.88 bits per heavy atom. The molecule has 2 aliphatic rings. The minimum Gasteiger partial charge on any atom is -0.352 e. The Morgan fingerprint density at radius 3 is 2.52 bits per heavy atom. The van der Waals surface area contributed by atoms with Crippen LogP contribution in [0.15, 0.2) is 24.3 Å². The molecule has 2 N–H and O–H groups in total. The largest absolute Gasteiger partial charge is 0.352 e. The second-order valence-corrected chi connectivity index (χ2v) is 6.86. The second-order valence-electron chi connectivity index (χ2n) is 6.86. The molecule has 0 unspecified atom stereocenters. The van der Waals surface area contributed by atoms with Gasteiger partial charge in [-0.1, -0.05) is 31.4 Å². The van der Waals surface area contributed by atoms with Gasteiger partial charge in [-0.05, 0) is 37.5 Å². The number of hydrogen-bond acceptors (Lipinski definition) is 3. The Morgan fingerprint density at radius 1 is 1.24 bits per heavy atom. The molecular weight excluding hydrogens is 325 g/mol. The van der Waals surface area contributed by atoms with Crippen LogP contribution in [0.25, 0.3) is 0 Å². The lowest BCUT2D eigenvalue weighted by atomic mass is 9.92. The average Bonchev–Trinajstić information content (AvgIpc) is 2.80. The predicted octanol–water partition coefficient (Wildman–Crippen LogP) is 2.04. The standard InChI is InChI=1S/C18H22FN3O3/c1-18(12-7-9-13(19)10-8-12)16(24)22(17(25)21-18)11-15(23)20-14-5-3-2-4-6-14/h7-10,14H,2-6,11H2,1H3,(H,20,23)(H,21,25)/t18-/m0/s1. The van der Waals surface area contributed by atoms with E-state index in [1.54, 1.807) is 6.92 Å². The van der Waals surface area contributed by atoms with Gasteiger partial charge in [0.1, 0.15) is 17.9 Å². The van der Waals surface area contributed by atoms with Gasteiger partial charge in [0, 0.05) is 6.04 Å². The van der Waals surface area contributed by atoms with Crippen LogP contribution in [0.2, 0.25) is 0 Å². The highest BCUT2D eigenvalue weighted by molar-refractivity contribution is 6.09. The molecule has 2 fully saturated rings. The molecule has 0 radical (unpaired) electrons. The van der Waals surface area contributed by atoms with Crippen molar-refractivity contribution in [2.24, 2.45) is 0 Å². The molecule has 1 heterocycles. The van der Waals surface area contributed by atoms with Crippen molar-refractivity contribution in [2.75, 3.05) is 6.54 Å². The summed E-state index contributed by atoms with van der Waals surface area (Å²) >= 11 is 0. The smallest absolute Gasteiger partial charge is 0.325 e. The number of nitrogens with zero attached hydrogens (tertiary/aromatic N) is 1. The van der Waals surface area contributed by atoms with Crippen molar-refractivity contribution in [3.05, 3.63) is 35.6 Å². The van der Waals surface area contributed by atoms with Crippen molar-refractivity contribution in [1.82, 2.24) is 15.5 Å². The molecule has 6 nitrogen and oxygen atoms in total. The maximum absolute atomic E-state index is 13.1. The van der Waals surface area contributed by atoms with E-state index < -0.39 is 23.3 Å². The van der Waals surface area contributed by atoms with Crippen LogP contribution in [-0.2, 0) is 15.1 Å². The van der Waals surface area contributed by atoms with E-state index in [1.165, 1.54) is 30.7 Å². The molecule has 1 aliphatic heterocycles. The third-order valence-electron chi connectivity index (χ3n) is 4.97. The zero-order chi connectivity index (χ0) is 18.0. The summed E-state index contributed by atoms with van der Waals surface area (Å²) < 4.78 is 13.1. The fourth-order valence-corrected chi connectivity index (χ4v) is 3.48. The first-order valence-corrected chi connectivity index (χ1v) is 8.59. The number of nitrogens with one attached hydrogen (secondary N) is 2. The quantitative estimate of drug-likeness (QED) is 0.818. The molecule has 0 aromatic heterocycles. The number of urea groups is 1. The molecule has 7 heteroatoms. The van der Waals surface area contributed by atoms with Crippen molar-refractivity contribution in [1.29, 1.82) is 0 Å². The van der Waals surface area contributed by atoms with Crippen LogP contribution in [0.4, 0.5) is 9.18 Å². The molecule has 1 aromatic carbocycles. The minimum absolute atomic E-state index is 0.116. The minimum atomic E-state index is -1.30. The molecule has 25 heavy (non-hydrogen) atoms. The van der Waals surface area contributed by atoms with Crippen molar-refractivity contribution in [3.63, 3.8) is 0 Å². The summed E-state index contributed by atoms with van der Waals surface area (Å²) in [7, 11) is 0. The van der Waals surface area contributed by atoms with E-state index in [0.717, 1.165) is 30.6 Å². The van der Waals surface area contributed by atoms with Gasteiger partial charge in [0.2, 0.25) is 5.91 Å². The summed E-state index contributed by atoms with van der Waals surface area (Å²) in [6.07, 6.45) is 5.20. The lowest BCUT2D eigenvalue weighted by Gasteiger charge is -2.24. The summed E-state index contributed by atoms with van der Waals surface area (Å²) in [4.78, 5) is 38.1. The topological polar surface area (TPSA) is 78.5 Å². The van der Waals surface area contributed by atoms with E-state index >= 15 is 0 Å². The summed E-state index contributed by atoms with van der Waals surface area (Å²) in [5.74, 6) is -1.27.